The van der Waals surface area contributed by atoms with Gasteiger partial charge in [-0.15, -0.1) is 0 Å². The molecular weight excluding hydrogens is 325 g/mol. The third-order valence-corrected chi connectivity index (χ3v) is 5.42. The molecule has 3 rings (SSSR count). The molecule has 1 saturated heterocycles. The van der Waals surface area contributed by atoms with Gasteiger partial charge in [0.2, 0.25) is 0 Å². The minimum atomic E-state index is -0.181. The summed E-state index contributed by atoms with van der Waals surface area (Å²) in [7, 11) is 0. The van der Waals surface area contributed by atoms with E-state index in [1.165, 1.54) is 17.7 Å². The van der Waals surface area contributed by atoms with Crippen LogP contribution in [-0.4, -0.2) is 18.8 Å². The second kappa shape index (κ2) is 8.32. The van der Waals surface area contributed by atoms with E-state index in [0.717, 1.165) is 50.9 Å². The summed E-state index contributed by atoms with van der Waals surface area (Å²) in [5.41, 5.74) is 2.72. The fourth-order valence-corrected chi connectivity index (χ4v) is 4.26. The normalized spacial score (nSPS) is 22.3. The topological polar surface area (TPSA) is 21.3 Å². The van der Waals surface area contributed by atoms with Gasteiger partial charge in [-0.2, -0.15) is 0 Å². The Bertz CT molecular complexity index is 683. The molecule has 0 aliphatic carbocycles. The largest absolute Gasteiger partial charge is 0.376 e. The fourth-order valence-electron chi connectivity index (χ4n) is 4.26. The van der Waals surface area contributed by atoms with E-state index < -0.39 is 0 Å². The smallest absolute Gasteiger partial charge is 0.123 e. The number of hydrogen-bond acceptors (Lipinski definition) is 2. The van der Waals surface area contributed by atoms with Crippen molar-refractivity contribution in [3.05, 3.63) is 71.5 Å². The highest BCUT2D eigenvalue weighted by Gasteiger charge is 2.40. The molecular formula is C23H30FNO. The number of rotatable bonds is 7. The van der Waals surface area contributed by atoms with Crippen molar-refractivity contribution in [2.24, 2.45) is 5.41 Å². The predicted molar refractivity (Wildman–Crippen MR) is 105 cm³/mol. The molecule has 1 atom stereocenters. The van der Waals surface area contributed by atoms with Gasteiger partial charge in [0.1, 0.15) is 5.82 Å². The third-order valence-electron chi connectivity index (χ3n) is 5.42. The van der Waals surface area contributed by atoms with Crippen LogP contribution in [0.3, 0.4) is 0 Å². The Morgan fingerprint density at radius 1 is 1.00 bits per heavy atom. The maximum Gasteiger partial charge on any atom is 0.123 e. The van der Waals surface area contributed by atoms with E-state index >= 15 is 0 Å². The van der Waals surface area contributed by atoms with E-state index in [0.29, 0.717) is 0 Å². The van der Waals surface area contributed by atoms with Gasteiger partial charge in [0.15, 0.2) is 0 Å². The number of ether oxygens (including phenoxy) is 1. The maximum absolute atomic E-state index is 13.0. The molecule has 1 heterocycles. The van der Waals surface area contributed by atoms with Gasteiger partial charge in [-0.3, -0.25) is 0 Å². The SMILES string of the molecule is CC1(C)CC(CCNCc2ccc(F)cc2)(Cc2ccccc2)CCO1. The quantitative estimate of drug-likeness (QED) is 0.696. The average molecular weight is 355 g/mol. The zero-order chi connectivity index (χ0) is 18.5. The first-order valence-electron chi connectivity index (χ1n) is 9.60. The summed E-state index contributed by atoms with van der Waals surface area (Å²) in [6, 6.07) is 17.5. The van der Waals surface area contributed by atoms with Crippen molar-refractivity contribution in [3.63, 3.8) is 0 Å². The lowest BCUT2D eigenvalue weighted by molar-refractivity contribution is -0.107. The first-order valence-corrected chi connectivity index (χ1v) is 9.60. The van der Waals surface area contributed by atoms with Crippen LogP contribution in [0, 0.1) is 11.2 Å². The Hall–Kier alpha value is -1.71. The standard InChI is InChI=1S/C23H30FNO/c1-22(2)18-23(13-15-26-22,16-19-6-4-3-5-7-19)12-14-25-17-20-8-10-21(24)11-9-20/h3-11,25H,12-18H2,1-2H3. The van der Waals surface area contributed by atoms with Gasteiger partial charge in [-0.05, 0) is 74.8 Å². The van der Waals surface area contributed by atoms with Crippen LogP contribution in [0.5, 0.6) is 0 Å². The van der Waals surface area contributed by atoms with Gasteiger partial charge in [0.25, 0.3) is 0 Å². The Morgan fingerprint density at radius 3 is 2.42 bits per heavy atom. The highest BCUT2D eigenvalue weighted by atomic mass is 19.1. The molecule has 0 bridgehead atoms. The second-order valence-corrected chi connectivity index (χ2v) is 8.25. The minimum absolute atomic E-state index is 0.0655. The lowest BCUT2D eigenvalue weighted by atomic mass is 9.68. The molecule has 2 aromatic carbocycles. The number of halogens is 1. The molecule has 1 aliphatic rings. The molecule has 0 radical (unpaired) electrons. The highest BCUT2D eigenvalue weighted by Crippen LogP contribution is 2.43. The fraction of sp³-hybridized carbons (Fsp3) is 0.478. The Labute approximate surface area is 156 Å². The van der Waals surface area contributed by atoms with Gasteiger partial charge in [-0.25, -0.2) is 4.39 Å². The van der Waals surface area contributed by atoms with Crippen molar-refractivity contribution < 1.29 is 9.13 Å². The molecule has 0 spiro atoms. The van der Waals surface area contributed by atoms with Crippen LogP contribution in [0.4, 0.5) is 4.39 Å². The van der Waals surface area contributed by atoms with Crippen LogP contribution >= 0.6 is 0 Å². The monoisotopic (exact) mass is 355 g/mol. The molecule has 26 heavy (non-hydrogen) atoms. The van der Waals surface area contributed by atoms with Crippen molar-refractivity contribution in [3.8, 4) is 0 Å². The lowest BCUT2D eigenvalue weighted by Gasteiger charge is -2.45. The van der Waals surface area contributed by atoms with Crippen molar-refractivity contribution in [1.29, 1.82) is 0 Å². The maximum atomic E-state index is 13.0. The van der Waals surface area contributed by atoms with Gasteiger partial charge in [0, 0.05) is 13.2 Å². The number of hydrogen-bond donors (Lipinski definition) is 1. The van der Waals surface area contributed by atoms with E-state index in [4.69, 9.17) is 4.74 Å². The van der Waals surface area contributed by atoms with Crippen molar-refractivity contribution >= 4 is 0 Å². The van der Waals surface area contributed by atoms with Crippen LogP contribution in [0.15, 0.2) is 54.6 Å². The molecule has 1 N–H and O–H groups in total. The van der Waals surface area contributed by atoms with E-state index in [1.54, 1.807) is 0 Å². The van der Waals surface area contributed by atoms with Crippen LogP contribution < -0.4 is 5.32 Å². The minimum Gasteiger partial charge on any atom is -0.376 e. The number of nitrogens with one attached hydrogen (secondary N) is 1. The zero-order valence-corrected chi connectivity index (χ0v) is 15.9. The molecule has 1 fully saturated rings. The van der Waals surface area contributed by atoms with Gasteiger partial charge in [-0.1, -0.05) is 42.5 Å². The Morgan fingerprint density at radius 2 is 1.73 bits per heavy atom. The molecule has 2 nitrogen and oxygen atoms in total. The van der Waals surface area contributed by atoms with E-state index in [2.05, 4.69) is 49.5 Å². The summed E-state index contributed by atoms with van der Waals surface area (Å²) in [4.78, 5) is 0. The second-order valence-electron chi connectivity index (χ2n) is 8.25. The van der Waals surface area contributed by atoms with Crippen LogP contribution in [-0.2, 0) is 17.7 Å². The Kier molecular flexibility index (Phi) is 6.10. The molecule has 2 aromatic rings. The highest BCUT2D eigenvalue weighted by molar-refractivity contribution is 5.18. The van der Waals surface area contributed by atoms with Crippen LogP contribution in [0.25, 0.3) is 0 Å². The molecule has 3 heteroatoms. The van der Waals surface area contributed by atoms with E-state index in [1.807, 2.05) is 12.1 Å². The predicted octanol–water partition coefficient (Wildman–Crippen LogP) is 5.12. The zero-order valence-electron chi connectivity index (χ0n) is 15.9. The van der Waals surface area contributed by atoms with Crippen molar-refractivity contribution in [2.75, 3.05) is 13.2 Å². The Balaban J connectivity index is 1.61. The average Bonchev–Trinajstić information content (AvgIpc) is 2.60. The molecule has 0 amide bonds. The van der Waals surface area contributed by atoms with Gasteiger partial charge < -0.3 is 10.1 Å². The first kappa shape index (κ1) is 19.1. The van der Waals surface area contributed by atoms with Crippen molar-refractivity contribution in [2.45, 2.75) is 51.7 Å². The summed E-state index contributed by atoms with van der Waals surface area (Å²) in [6.07, 6.45) is 4.39. The van der Waals surface area contributed by atoms with Crippen LogP contribution in [0.1, 0.15) is 44.2 Å². The van der Waals surface area contributed by atoms with Crippen molar-refractivity contribution in [1.82, 2.24) is 5.32 Å². The summed E-state index contributed by atoms with van der Waals surface area (Å²) in [5, 5.41) is 3.54. The van der Waals surface area contributed by atoms with Gasteiger partial charge in [0.05, 0.1) is 5.60 Å². The lowest BCUT2D eigenvalue weighted by Crippen LogP contribution is -2.43. The molecule has 1 aliphatic heterocycles. The van der Waals surface area contributed by atoms with Crippen LogP contribution in [0.2, 0.25) is 0 Å². The molecule has 1 unspecified atom stereocenters. The molecule has 140 valence electrons. The third kappa shape index (κ3) is 5.39. The van der Waals surface area contributed by atoms with E-state index in [-0.39, 0.29) is 16.8 Å². The summed E-state index contributed by atoms with van der Waals surface area (Å²) >= 11 is 0. The van der Waals surface area contributed by atoms with Gasteiger partial charge >= 0.3 is 0 Å². The summed E-state index contributed by atoms with van der Waals surface area (Å²) in [6.45, 7) is 6.98. The molecule has 0 aromatic heterocycles. The first-order chi connectivity index (χ1) is 12.5. The van der Waals surface area contributed by atoms with E-state index in [9.17, 15) is 4.39 Å². The summed E-state index contributed by atoms with van der Waals surface area (Å²) < 4.78 is 19.0. The molecule has 0 saturated carbocycles. The number of benzene rings is 2. The summed E-state index contributed by atoms with van der Waals surface area (Å²) in [5.74, 6) is -0.181.